The van der Waals surface area contributed by atoms with Gasteiger partial charge in [0.05, 0.1) is 34.7 Å². The summed E-state index contributed by atoms with van der Waals surface area (Å²) in [4.78, 5) is 42.6. The van der Waals surface area contributed by atoms with E-state index in [1.807, 2.05) is 73.3 Å². The molecule has 19 nitrogen and oxygen atoms in total. The van der Waals surface area contributed by atoms with Crippen molar-refractivity contribution in [3.63, 3.8) is 0 Å². The van der Waals surface area contributed by atoms with Gasteiger partial charge in [0.2, 0.25) is 0 Å². The second-order valence-corrected chi connectivity index (χ2v) is 16.0. The maximum Gasteiger partial charge on any atom is 4.00 e. The van der Waals surface area contributed by atoms with Crippen molar-refractivity contribution in [2.75, 3.05) is 13.1 Å². The molecule has 0 unspecified atom stereocenters. The van der Waals surface area contributed by atoms with Crippen molar-refractivity contribution in [1.82, 2.24) is 29.7 Å². The van der Waals surface area contributed by atoms with E-state index in [0.29, 0.717) is 11.8 Å². The zero-order chi connectivity index (χ0) is 49.4. The number of carboxylic acid groups (broad SMARTS) is 2. The zero-order valence-electron chi connectivity index (χ0n) is 37.9. The number of aromatic carboxylic acids is 2. The van der Waals surface area contributed by atoms with Gasteiger partial charge in [-0.1, -0.05) is 113 Å². The smallest absolute Gasteiger partial charge is 2.00 e. The molecule has 0 spiro atoms. The molecule has 0 bridgehead atoms. The molecule has 6 rings (SSSR count). The molecule has 0 aliphatic heterocycles. The van der Waals surface area contributed by atoms with Gasteiger partial charge in [0.1, 0.15) is 0 Å². The maximum absolute atomic E-state index is 10.1. The van der Waals surface area contributed by atoms with Gasteiger partial charge in [-0.15, -0.1) is 20.5 Å². The topological polar surface area (TPSA) is 351 Å². The molecular weight excluding hydrogens is 1030 g/mol. The number of pyridine rings is 4. The largest absolute Gasteiger partial charge is 4.00 e. The van der Waals surface area contributed by atoms with E-state index in [4.69, 9.17) is 37.3 Å². The summed E-state index contributed by atoms with van der Waals surface area (Å²) in [5.74, 6) is -0.994. The third-order valence-corrected chi connectivity index (χ3v) is 7.71. The van der Waals surface area contributed by atoms with Gasteiger partial charge in [0.15, 0.2) is 0 Å². The van der Waals surface area contributed by atoms with Crippen LogP contribution >= 0.6 is 0 Å². The minimum Gasteiger partial charge on any atom is -2.00 e. The summed E-state index contributed by atoms with van der Waals surface area (Å²) >= 11 is 0. The average Bonchev–Trinajstić information content (AvgIpc) is 3.25. The number of hydrogen-bond acceptors (Lipinski definition) is 18. The van der Waals surface area contributed by atoms with Crippen LogP contribution in [0.15, 0.2) is 158 Å². The zero-order valence-corrected chi connectivity index (χ0v) is 41.6. The van der Waals surface area contributed by atoms with E-state index >= 15 is 0 Å². The van der Waals surface area contributed by atoms with Crippen molar-refractivity contribution < 1.29 is 117 Å². The number of hydrogen-bond donors (Lipinski definition) is 0. The Morgan fingerprint density at radius 2 is 0.623 bits per heavy atom. The number of halogens is 2. The van der Waals surface area contributed by atoms with Gasteiger partial charge in [-0.25, -0.2) is 37.3 Å². The number of carbonyl (C=O) groups is 2. The Kier molecular flexibility index (Phi) is 38.6. The first-order valence-corrected chi connectivity index (χ1v) is 22.4. The van der Waals surface area contributed by atoms with E-state index in [2.05, 4.69) is 81.7 Å². The average molecular weight is 1080 g/mol. The molecule has 23 heteroatoms. The Morgan fingerprint density at radius 3 is 0.768 bits per heavy atom. The van der Waals surface area contributed by atoms with Gasteiger partial charge in [-0.2, -0.15) is 0 Å². The first kappa shape index (κ1) is 68.4. The van der Waals surface area contributed by atoms with Crippen LogP contribution < -0.4 is 47.5 Å². The molecule has 2 aromatic carbocycles. The molecule has 0 amide bonds. The molecule has 0 aliphatic carbocycles. The normalized spacial score (nSPS) is 10.2. The molecule has 0 saturated heterocycles. The third kappa shape index (κ3) is 41.8. The Labute approximate surface area is 427 Å². The molecule has 4 aromatic heterocycles. The summed E-state index contributed by atoms with van der Waals surface area (Å²) < 4.78 is 67.9. The van der Waals surface area contributed by atoms with E-state index in [0.717, 1.165) is 62.0 Å². The molecule has 0 aliphatic rings. The number of benzene rings is 2. The Morgan fingerprint density at radius 1 is 0.420 bits per heavy atom. The van der Waals surface area contributed by atoms with E-state index < -0.39 is 32.4 Å². The van der Waals surface area contributed by atoms with Crippen LogP contribution in [0.5, 0.6) is 0 Å². The number of nitrogens with zero attached hydrogens (tertiary/aromatic N) is 6. The van der Waals surface area contributed by atoms with Crippen molar-refractivity contribution in [1.29, 1.82) is 0 Å². The number of carbonyl (C=O) groups excluding carboxylic acids is 2. The fraction of sp³-hybridized carbons (Fsp3) is 0.261. The standard InChI is InChI=1S/2C16H21N3.2C7H6O2.2ClHO4.2Fe.O/c2*1-14(2)11-19(12-15-7-3-5-9-17-15)13-16-8-4-6-10-18-16;2*8-7(9)6-4-2-1-3-5-6;2*2-1(3,4)5;;;/h2*3-10,14H,11-13H2,1-2H3;2*1-5H,(H,8,9);2*(H,2,3,4,5);;;/q;;;;;;2*+4;-2/p-4. The quantitative estimate of drug-likeness (QED) is 0.0966. The second kappa shape index (κ2) is 38.9. The van der Waals surface area contributed by atoms with Crippen LogP contribution in [0.2, 0.25) is 0 Å². The molecule has 0 N–H and O–H groups in total. The predicted molar refractivity (Wildman–Crippen MR) is 217 cm³/mol. The number of aromatic nitrogens is 4. The van der Waals surface area contributed by atoms with Gasteiger partial charge in [0, 0.05) is 64.1 Å². The molecule has 0 atom stereocenters. The van der Waals surface area contributed by atoms with Crippen LogP contribution in [0.3, 0.4) is 0 Å². The summed E-state index contributed by atoms with van der Waals surface area (Å²) in [6.45, 7) is 14.5. The molecule has 6 aromatic rings. The second-order valence-electron chi connectivity index (χ2n) is 14.5. The predicted octanol–water partition coefficient (Wildman–Crippen LogP) is -3.27. The van der Waals surface area contributed by atoms with Crippen LogP contribution in [0, 0.1) is 32.3 Å². The Hall–Kier alpha value is -4.84. The van der Waals surface area contributed by atoms with Gasteiger partial charge in [-0.3, -0.25) is 29.7 Å². The van der Waals surface area contributed by atoms with E-state index in [-0.39, 0.29) is 50.7 Å². The minimum atomic E-state index is -4.94. The molecule has 0 saturated carbocycles. The van der Waals surface area contributed by atoms with Crippen LogP contribution in [-0.4, -0.2) is 54.8 Å². The Bertz CT molecular complexity index is 1890. The van der Waals surface area contributed by atoms with Crippen LogP contribution in [0.4, 0.5) is 0 Å². The fourth-order valence-corrected chi connectivity index (χ4v) is 5.43. The Balaban J connectivity index is -0.000000808. The van der Waals surface area contributed by atoms with Crippen molar-refractivity contribution in [3.8, 4) is 0 Å². The van der Waals surface area contributed by atoms with E-state index in [9.17, 15) is 19.8 Å². The molecular formula is C46H52Cl2Fe2N6O13+2. The summed E-state index contributed by atoms with van der Waals surface area (Å²) in [6.07, 6.45) is 7.40. The van der Waals surface area contributed by atoms with Crippen molar-refractivity contribution in [2.24, 2.45) is 11.8 Å². The van der Waals surface area contributed by atoms with Crippen LogP contribution in [-0.2, 0) is 65.8 Å². The number of carboxylic acids is 2. The fourth-order valence-electron chi connectivity index (χ4n) is 5.43. The summed E-state index contributed by atoms with van der Waals surface area (Å²) in [5.41, 5.74) is 4.88. The van der Waals surface area contributed by atoms with E-state index in [1.54, 1.807) is 36.4 Å². The van der Waals surface area contributed by atoms with Crippen molar-refractivity contribution in [2.45, 2.75) is 53.9 Å². The number of rotatable bonds is 14. The summed E-state index contributed by atoms with van der Waals surface area (Å²) in [6, 6.07) is 40.4. The van der Waals surface area contributed by atoms with Crippen molar-refractivity contribution in [3.05, 3.63) is 192 Å². The van der Waals surface area contributed by atoms with Gasteiger partial charge in [0.25, 0.3) is 0 Å². The van der Waals surface area contributed by atoms with Crippen LogP contribution in [0.25, 0.3) is 0 Å². The van der Waals surface area contributed by atoms with Crippen molar-refractivity contribution >= 4 is 11.9 Å². The SMILES string of the molecule is CC(C)CN(Cc1ccccn1)Cc1ccccn1.CC(C)CN(Cc1ccccn1)Cc1ccccn1.O=C([O-])c1ccccc1.O=C([O-])c1ccccc1.[Fe+4].[Fe+4].[O-2].[O-][Cl+3]([O-])([O-])[O-].[O-][Cl+3]([O-])([O-])[O-]. The van der Waals surface area contributed by atoms with Crippen LogP contribution in [0.1, 0.15) is 71.2 Å². The first-order chi connectivity index (χ1) is 31.1. The summed E-state index contributed by atoms with van der Waals surface area (Å²) in [7, 11) is -9.89. The molecule has 372 valence electrons. The third-order valence-electron chi connectivity index (χ3n) is 7.71. The monoisotopic (exact) mass is 1080 g/mol. The molecule has 0 fully saturated rings. The van der Waals surface area contributed by atoms with E-state index in [1.165, 1.54) is 24.3 Å². The maximum atomic E-state index is 10.1. The molecule has 0 radical (unpaired) electrons. The summed E-state index contributed by atoms with van der Waals surface area (Å²) in [5, 5.41) is 20.2. The molecule has 69 heavy (non-hydrogen) atoms. The minimum absolute atomic E-state index is 0. The van der Waals surface area contributed by atoms with Gasteiger partial charge >= 0.3 is 34.1 Å². The van der Waals surface area contributed by atoms with Gasteiger partial charge in [-0.05, 0) is 71.5 Å². The van der Waals surface area contributed by atoms with Gasteiger partial charge < -0.3 is 25.3 Å². The first-order valence-electron chi connectivity index (χ1n) is 19.9. The molecule has 4 heterocycles.